The fourth-order valence-corrected chi connectivity index (χ4v) is 2.52. The number of ether oxygens (including phenoxy) is 1. The SMILES string of the molecule is O=C1CCN(c2ccc3cc(OCC(F)(F)F)ccc3n2)CCN1. The number of alkyl halides is 3. The largest absolute Gasteiger partial charge is 0.484 e. The van der Waals surface area contributed by atoms with Crippen molar-refractivity contribution in [2.24, 2.45) is 0 Å². The molecule has 0 bridgehead atoms. The van der Waals surface area contributed by atoms with Crippen LogP contribution in [0.1, 0.15) is 6.42 Å². The molecule has 1 aromatic heterocycles. The fraction of sp³-hybridized carbons (Fsp3) is 0.375. The molecule has 1 aromatic carbocycles. The molecule has 128 valence electrons. The van der Waals surface area contributed by atoms with E-state index in [0.717, 1.165) is 5.82 Å². The first-order valence-electron chi connectivity index (χ1n) is 7.53. The minimum atomic E-state index is -4.37. The third kappa shape index (κ3) is 4.06. The standard InChI is InChI=1S/C16H16F3N3O2/c17-16(18,19)10-24-12-2-3-13-11(9-12)1-4-14(21-13)22-7-5-15(23)20-6-8-22/h1-4,9H,5-8,10H2,(H,20,23). The number of fused-ring (bicyclic) bond motifs is 1. The van der Waals surface area contributed by atoms with Gasteiger partial charge in [-0.1, -0.05) is 0 Å². The van der Waals surface area contributed by atoms with Crippen LogP contribution in [0.3, 0.4) is 0 Å². The van der Waals surface area contributed by atoms with Crippen molar-refractivity contribution in [3.63, 3.8) is 0 Å². The van der Waals surface area contributed by atoms with Crippen LogP contribution in [-0.4, -0.2) is 43.3 Å². The molecule has 1 N–H and O–H groups in total. The maximum atomic E-state index is 12.2. The van der Waals surface area contributed by atoms with E-state index in [-0.39, 0.29) is 11.7 Å². The van der Waals surface area contributed by atoms with Crippen LogP contribution in [0.2, 0.25) is 0 Å². The minimum Gasteiger partial charge on any atom is -0.484 e. The van der Waals surface area contributed by atoms with E-state index >= 15 is 0 Å². The second kappa shape index (κ2) is 6.54. The molecule has 1 aliphatic heterocycles. The van der Waals surface area contributed by atoms with Gasteiger partial charge >= 0.3 is 6.18 Å². The van der Waals surface area contributed by atoms with Gasteiger partial charge in [0.2, 0.25) is 5.91 Å². The van der Waals surface area contributed by atoms with E-state index in [0.29, 0.717) is 37.0 Å². The predicted octanol–water partition coefficient (Wildman–Crippen LogP) is 2.50. The molecule has 0 atom stereocenters. The number of anilines is 1. The molecular formula is C16H16F3N3O2. The Kier molecular flexibility index (Phi) is 4.46. The second-order valence-electron chi connectivity index (χ2n) is 5.51. The smallest absolute Gasteiger partial charge is 0.422 e. The summed E-state index contributed by atoms with van der Waals surface area (Å²) in [6.45, 7) is 0.482. The van der Waals surface area contributed by atoms with Crippen LogP contribution in [0, 0.1) is 0 Å². The van der Waals surface area contributed by atoms with E-state index in [1.807, 2.05) is 4.90 Å². The number of nitrogens with zero attached hydrogens (tertiary/aromatic N) is 2. The van der Waals surface area contributed by atoms with Crippen molar-refractivity contribution in [1.82, 2.24) is 10.3 Å². The number of halogens is 3. The number of carbonyl (C=O) groups excluding carboxylic acids is 1. The Hall–Kier alpha value is -2.51. The lowest BCUT2D eigenvalue weighted by Gasteiger charge is -2.21. The summed E-state index contributed by atoms with van der Waals surface area (Å²) < 4.78 is 41.4. The zero-order valence-electron chi connectivity index (χ0n) is 12.8. The summed E-state index contributed by atoms with van der Waals surface area (Å²) in [6.07, 6.45) is -3.96. The molecule has 0 saturated carbocycles. The molecule has 0 aliphatic carbocycles. The van der Waals surface area contributed by atoms with Crippen LogP contribution < -0.4 is 15.0 Å². The number of rotatable bonds is 3. The summed E-state index contributed by atoms with van der Waals surface area (Å²) in [5.41, 5.74) is 0.662. The van der Waals surface area contributed by atoms with Crippen LogP contribution in [0.4, 0.5) is 19.0 Å². The maximum Gasteiger partial charge on any atom is 0.422 e. The van der Waals surface area contributed by atoms with Gasteiger partial charge in [0.15, 0.2) is 6.61 Å². The van der Waals surface area contributed by atoms with Gasteiger partial charge in [-0.05, 0) is 30.3 Å². The predicted molar refractivity (Wildman–Crippen MR) is 83.1 cm³/mol. The van der Waals surface area contributed by atoms with E-state index in [9.17, 15) is 18.0 Å². The molecule has 1 aliphatic rings. The zero-order chi connectivity index (χ0) is 17.2. The summed E-state index contributed by atoms with van der Waals surface area (Å²) in [7, 11) is 0. The van der Waals surface area contributed by atoms with Crippen molar-refractivity contribution in [3.8, 4) is 5.75 Å². The van der Waals surface area contributed by atoms with Gasteiger partial charge in [0.25, 0.3) is 0 Å². The van der Waals surface area contributed by atoms with Crippen molar-refractivity contribution in [3.05, 3.63) is 30.3 Å². The van der Waals surface area contributed by atoms with Gasteiger partial charge < -0.3 is 15.0 Å². The lowest BCUT2D eigenvalue weighted by Crippen LogP contribution is -2.28. The number of benzene rings is 1. The van der Waals surface area contributed by atoms with E-state index in [1.165, 1.54) is 12.1 Å². The van der Waals surface area contributed by atoms with Crippen molar-refractivity contribution < 1.29 is 22.7 Å². The van der Waals surface area contributed by atoms with Crippen molar-refractivity contribution in [1.29, 1.82) is 0 Å². The van der Waals surface area contributed by atoms with Crippen LogP contribution in [0.15, 0.2) is 30.3 Å². The normalized spacial score (nSPS) is 16.0. The molecule has 1 saturated heterocycles. The highest BCUT2D eigenvalue weighted by atomic mass is 19.4. The number of pyridine rings is 1. The van der Waals surface area contributed by atoms with Gasteiger partial charge in [-0.2, -0.15) is 13.2 Å². The first-order chi connectivity index (χ1) is 11.4. The summed E-state index contributed by atoms with van der Waals surface area (Å²) >= 11 is 0. The number of hydrogen-bond acceptors (Lipinski definition) is 4. The molecule has 2 heterocycles. The van der Waals surface area contributed by atoms with E-state index in [2.05, 4.69) is 10.3 Å². The topological polar surface area (TPSA) is 54.5 Å². The molecule has 0 spiro atoms. The summed E-state index contributed by atoms with van der Waals surface area (Å²) in [5, 5.41) is 3.49. The summed E-state index contributed by atoms with van der Waals surface area (Å²) in [4.78, 5) is 17.9. The van der Waals surface area contributed by atoms with Gasteiger partial charge in [-0.3, -0.25) is 4.79 Å². The average Bonchev–Trinajstić information content (AvgIpc) is 2.76. The summed E-state index contributed by atoms with van der Waals surface area (Å²) in [6, 6.07) is 8.22. The Morgan fingerprint density at radius 3 is 2.83 bits per heavy atom. The van der Waals surface area contributed by atoms with E-state index in [1.54, 1.807) is 18.2 Å². The molecule has 1 amide bonds. The Morgan fingerprint density at radius 2 is 2.04 bits per heavy atom. The average molecular weight is 339 g/mol. The van der Waals surface area contributed by atoms with Crippen LogP contribution in [0.5, 0.6) is 5.75 Å². The molecule has 0 radical (unpaired) electrons. The Labute approximate surface area is 136 Å². The molecule has 2 aromatic rings. The molecule has 5 nitrogen and oxygen atoms in total. The first kappa shape index (κ1) is 16.4. The lowest BCUT2D eigenvalue weighted by molar-refractivity contribution is -0.153. The van der Waals surface area contributed by atoms with Gasteiger partial charge in [0.1, 0.15) is 11.6 Å². The molecule has 24 heavy (non-hydrogen) atoms. The molecular weight excluding hydrogens is 323 g/mol. The quantitative estimate of drug-likeness (QED) is 0.934. The number of nitrogens with one attached hydrogen (secondary N) is 1. The van der Waals surface area contributed by atoms with Crippen molar-refractivity contribution in [2.45, 2.75) is 12.6 Å². The lowest BCUT2D eigenvalue weighted by atomic mass is 10.2. The highest BCUT2D eigenvalue weighted by Crippen LogP contribution is 2.24. The number of amides is 1. The van der Waals surface area contributed by atoms with Crippen LogP contribution >= 0.6 is 0 Å². The van der Waals surface area contributed by atoms with E-state index in [4.69, 9.17) is 4.74 Å². The number of aromatic nitrogens is 1. The van der Waals surface area contributed by atoms with Crippen LogP contribution in [-0.2, 0) is 4.79 Å². The molecule has 1 fully saturated rings. The zero-order valence-corrected chi connectivity index (χ0v) is 12.8. The minimum absolute atomic E-state index is 0.0183. The third-order valence-electron chi connectivity index (χ3n) is 3.69. The maximum absolute atomic E-state index is 12.2. The van der Waals surface area contributed by atoms with E-state index < -0.39 is 12.8 Å². The summed E-state index contributed by atoms with van der Waals surface area (Å²) in [5.74, 6) is 0.909. The van der Waals surface area contributed by atoms with Crippen molar-refractivity contribution in [2.75, 3.05) is 31.1 Å². The molecule has 3 rings (SSSR count). The highest BCUT2D eigenvalue weighted by molar-refractivity contribution is 5.82. The molecule has 0 unspecified atom stereocenters. The Bertz CT molecular complexity index is 749. The van der Waals surface area contributed by atoms with Crippen LogP contribution in [0.25, 0.3) is 10.9 Å². The van der Waals surface area contributed by atoms with Gasteiger partial charge in [-0.25, -0.2) is 4.98 Å². The second-order valence-corrected chi connectivity index (χ2v) is 5.51. The first-order valence-corrected chi connectivity index (χ1v) is 7.53. The Balaban J connectivity index is 1.78. The number of hydrogen-bond donors (Lipinski definition) is 1. The number of carbonyl (C=O) groups is 1. The molecule has 8 heteroatoms. The van der Waals surface area contributed by atoms with Gasteiger partial charge in [0.05, 0.1) is 5.52 Å². The van der Waals surface area contributed by atoms with Gasteiger partial charge in [-0.15, -0.1) is 0 Å². The fourth-order valence-electron chi connectivity index (χ4n) is 2.52. The highest BCUT2D eigenvalue weighted by Gasteiger charge is 2.28. The van der Waals surface area contributed by atoms with Gasteiger partial charge in [0, 0.05) is 31.4 Å². The van der Waals surface area contributed by atoms with Crippen molar-refractivity contribution >= 4 is 22.6 Å². The Morgan fingerprint density at radius 1 is 1.21 bits per heavy atom. The third-order valence-corrected chi connectivity index (χ3v) is 3.69. The monoisotopic (exact) mass is 339 g/mol.